The number of hydrogen-bond acceptors (Lipinski definition) is 3. The van der Waals surface area contributed by atoms with Gasteiger partial charge in [-0.2, -0.15) is 26.3 Å². The quantitative estimate of drug-likeness (QED) is 0.184. The summed E-state index contributed by atoms with van der Waals surface area (Å²) >= 11 is 21.6. The van der Waals surface area contributed by atoms with Gasteiger partial charge in [-0.25, -0.2) is 9.18 Å². The summed E-state index contributed by atoms with van der Waals surface area (Å²) in [5, 5.41) is 7.56. The molecule has 0 spiro atoms. The summed E-state index contributed by atoms with van der Waals surface area (Å²) in [6.07, 6.45) is -13.4. The molecule has 5 nitrogen and oxygen atoms in total. The molecule has 0 saturated carbocycles. The number of carbonyl (C=O) groups excluding carboxylic acids is 1. The van der Waals surface area contributed by atoms with Crippen molar-refractivity contribution in [1.82, 2.24) is 0 Å². The summed E-state index contributed by atoms with van der Waals surface area (Å²) in [5.74, 6) is 0. The zero-order valence-corrected chi connectivity index (χ0v) is 20.8. The Morgan fingerprint density at radius 3 is 1.94 bits per heavy atom. The average molecular weight is 601 g/mol. The zero-order valence-electron chi connectivity index (χ0n) is 17.8. The van der Waals surface area contributed by atoms with Gasteiger partial charge in [0.25, 0.3) is 0 Å². The van der Waals surface area contributed by atoms with Crippen molar-refractivity contribution in [2.75, 3.05) is 22.6 Å². The lowest BCUT2D eigenvalue weighted by atomic mass is 9.92. The van der Waals surface area contributed by atoms with E-state index in [1.165, 1.54) is 31.2 Å². The van der Waals surface area contributed by atoms with Crippen molar-refractivity contribution in [3.8, 4) is 0 Å². The number of hydrogen-bond donors (Lipinski definition) is 3. The molecule has 0 aliphatic rings. The number of aryl methyl sites for hydroxylation is 1. The van der Waals surface area contributed by atoms with Gasteiger partial charge in [0.1, 0.15) is 6.61 Å². The molecule has 2 aromatic carbocycles. The molecule has 0 unspecified atom stereocenters. The molecule has 198 valence electrons. The number of halogens is 10. The standard InChI is InChI=1S/C20H15Cl3F7N3O2S/c1-10-7-11(18(24,19(25,26)27)20(28,29)30)5-6-14(10)33-15(36)31-12-3-2-4-13(8-12)32-16(34)35-9-17(21,22)23/h2-8H,9H2,1H3,(H,32,34)(H2,31,33,36). The van der Waals surface area contributed by atoms with Crippen molar-refractivity contribution in [3.05, 3.63) is 53.6 Å². The van der Waals surface area contributed by atoms with E-state index in [0.717, 1.165) is 6.07 Å². The van der Waals surface area contributed by atoms with Gasteiger partial charge in [-0.15, -0.1) is 0 Å². The maximum Gasteiger partial charge on any atom is 0.435 e. The topological polar surface area (TPSA) is 62.4 Å². The minimum atomic E-state index is -6.23. The van der Waals surface area contributed by atoms with Crippen LogP contribution in [0.3, 0.4) is 0 Å². The fourth-order valence-electron chi connectivity index (χ4n) is 2.77. The van der Waals surface area contributed by atoms with Crippen molar-refractivity contribution in [2.45, 2.75) is 28.7 Å². The third-order valence-corrected chi connectivity index (χ3v) is 4.92. The second kappa shape index (κ2) is 11.0. The van der Waals surface area contributed by atoms with Crippen LogP contribution in [0.25, 0.3) is 0 Å². The van der Waals surface area contributed by atoms with E-state index in [2.05, 4.69) is 16.0 Å². The molecule has 0 aliphatic carbocycles. The summed E-state index contributed by atoms with van der Waals surface area (Å²) in [7, 11) is 0. The van der Waals surface area contributed by atoms with Crippen molar-refractivity contribution in [2.24, 2.45) is 0 Å². The Bertz CT molecular complexity index is 1110. The third kappa shape index (κ3) is 7.64. The molecule has 0 aliphatic heterocycles. The first kappa shape index (κ1) is 30.0. The zero-order chi connectivity index (χ0) is 27.5. The van der Waals surface area contributed by atoms with E-state index >= 15 is 0 Å². The summed E-state index contributed by atoms with van der Waals surface area (Å²) < 4.78 is 95.1. The van der Waals surface area contributed by atoms with Gasteiger partial charge in [0.05, 0.1) is 0 Å². The lowest BCUT2D eigenvalue weighted by Gasteiger charge is -2.30. The molecule has 1 amide bonds. The Labute approximate surface area is 220 Å². The Kier molecular flexibility index (Phi) is 9.20. The van der Waals surface area contributed by atoms with Crippen LogP contribution in [0.15, 0.2) is 42.5 Å². The highest BCUT2D eigenvalue weighted by molar-refractivity contribution is 7.80. The Hall–Kier alpha value is -2.22. The molecule has 0 bridgehead atoms. The number of benzene rings is 2. The highest BCUT2D eigenvalue weighted by atomic mass is 35.6. The smallest absolute Gasteiger partial charge is 0.435 e. The minimum Gasteiger partial charge on any atom is -0.445 e. The molecule has 2 aromatic rings. The van der Waals surface area contributed by atoms with Gasteiger partial charge in [-0.05, 0) is 49.0 Å². The summed E-state index contributed by atoms with van der Waals surface area (Å²) in [4.78, 5) is 11.8. The van der Waals surface area contributed by atoms with Crippen LogP contribution in [0.5, 0.6) is 0 Å². The number of nitrogens with one attached hydrogen (secondary N) is 3. The van der Waals surface area contributed by atoms with Crippen molar-refractivity contribution < 1.29 is 40.3 Å². The van der Waals surface area contributed by atoms with Crippen LogP contribution in [0.2, 0.25) is 0 Å². The Morgan fingerprint density at radius 1 is 0.889 bits per heavy atom. The first-order chi connectivity index (χ1) is 16.3. The van der Waals surface area contributed by atoms with Crippen molar-refractivity contribution >= 4 is 75.3 Å². The molecule has 0 fully saturated rings. The molecule has 0 atom stereocenters. The van der Waals surface area contributed by atoms with Gasteiger partial charge in [-0.3, -0.25) is 5.32 Å². The lowest BCUT2D eigenvalue weighted by molar-refractivity contribution is -0.348. The SMILES string of the molecule is Cc1cc(C(F)(C(F)(F)F)C(F)(F)F)ccc1NC(=S)Nc1cccc(NC(=O)OCC(Cl)(Cl)Cl)c1. The predicted octanol–water partition coefficient (Wildman–Crippen LogP) is 8.01. The first-order valence-corrected chi connectivity index (χ1v) is 11.0. The molecule has 0 heterocycles. The van der Waals surface area contributed by atoms with Crippen LogP contribution < -0.4 is 16.0 Å². The number of rotatable bonds is 5. The van der Waals surface area contributed by atoms with Crippen LogP contribution in [0, 0.1) is 6.92 Å². The van der Waals surface area contributed by atoms with Crippen LogP contribution in [-0.4, -0.2) is 34.0 Å². The number of anilines is 3. The van der Waals surface area contributed by atoms with E-state index in [1.54, 1.807) is 0 Å². The normalized spacial score (nSPS) is 12.6. The highest BCUT2D eigenvalue weighted by Gasteiger charge is 2.73. The van der Waals surface area contributed by atoms with E-state index in [1.807, 2.05) is 0 Å². The molecule has 2 rings (SSSR count). The molecule has 0 aromatic heterocycles. The Morgan fingerprint density at radius 2 is 1.44 bits per heavy atom. The van der Waals surface area contributed by atoms with E-state index in [-0.39, 0.29) is 22.1 Å². The van der Waals surface area contributed by atoms with E-state index in [0.29, 0.717) is 17.8 Å². The van der Waals surface area contributed by atoms with Gasteiger partial charge in [0.2, 0.25) is 3.79 Å². The molecule has 36 heavy (non-hydrogen) atoms. The van der Waals surface area contributed by atoms with Crippen molar-refractivity contribution in [3.63, 3.8) is 0 Å². The van der Waals surface area contributed by atoms with Crippen LogP contribution in [-0.2, 0) is 10.4 Å². The Balaban J connectivity index is 2.12. The fraction of sp³-hybridized carbons (Fsp3) is 0.300. The summed E-state index contributed by atoms with van der Waals surface area (Å²) in [5.41, 5.74) is -6.71. The first-order valence-electron chi connectivity index (χ1n) is 9.45. The van der Waals surface area contributed by atoms with E-state index in [4.69, 9.17) is 51.8 Å². The molecule has 0 radical (unpaired) electrons. The maximum absolute atomic E-state index is 14.3. The largest absolute Gasteiger partial charge is 0.445 e. The molecular weight excluding hydrogens is 586 g/mol. The molecule has 3 N–H and O–H groups in total. The summed E-state index contributed by atoms with van der Waals surface area (Å²) in [6, 6.07) is 7.60. The van der Waals surface area contributed by atoms with Gasteiger partial charge in [0.15, 0.2) is 5.11 Å². The van der Waals surface area contributed by atoms with Gasteiger partial charge in [0, 0.05) is 22.6 Å². The van der Waals surface area contributed by atoms with E-state index in [9.17, 15) is 35.5 Å². The van der Waals surface area contributed by atoms with E-state index < -0.39 is 40.1 Å². The van der Waals surface area contributed by atoms with Gasteiger partial charge in [-0.1, -0.05) is 53.0 Å². The maximum atomic E-state index is 14.3. The average Bonchev–Trinajstić information content (AvgIpc) is 2.71. The monoisotopic (exact) mass is 599 g/mol. The van der Waals surface area contributed by atoms with Crippen LogP contribution >= 0.6 is 47.0 Å². The summed E-state index contributed by atoms with van der Waals surface area (Å²) in [6.45, 7) is 0.665. The molecule has 16 heteroatoms. The number of amides is 1. The number of ether oxygens (including phenoxy) is 1. The highest BCUT2D eigenvalue weighted by Crippen LogP contribution is 2.53. The van der Waals surface area contributed by atoms with Crippen LogP contribution in [0.1, 0.15) is 11.1 Å². The minimum absolute atomic E-state index is 0.0208. The second-order valence-electron chi connectivity index (χ2n) is 7.16. The number of alkyl halides is 10. The number of carbonyl (C=O) groups is 1. The number of thiocarbonyl (C=S) groups is 1. The lowest BCUT2D eigenvalue weighted by Crippen LogP contribution is -2.50. The second-order valence-corrected chi connectivity index (χ2v) is 10.1. The molecular formula is C20H15Cl3F7N3O2S. The van der Waals surface area contributed by atoms with Crippen LogP contribution in [0.4, 0.5) is 52.6 Å². The third-order valence-electron chi connectivity index (χ3n) is 4.39. The predicted molar refractivity (Wildman–Crippen MR) is 128 cm³/mol. The van der Waals surface area contributed by atoms with Crippen molar-refractivity contribution in [1.29, 1.82) is 0 Å². The van der Waals surface area contributed by atoms with Gasteiger partial charge >= 0.3 is 24.1 Å². The molecule has 0 saturated heterocycles. The van der Waals surface area contributed by atoms with Gasteiger partial charge < -0.3 is 15.4 Å². The fourth-order valence-corrected chi connectivity index (χ4v) is 3.16.